The molecule has 0 aromatic carbocycles. The quantitative estimate of drug-likeness (QED) is 0.743. The molecule has 0 saturated heterocycles. The fourth-order valence-corrected chi connectivity index (χ4v) is 1.18. The molecule has 0 aliphatic rings. The maximum Gasteiger partial charge on any atom is 0.401 e. The highest BCUT2D eigenvalue weighted by molar-refractivity contribution is 5.81. The Balaban J connectivity index is 3.99. The van der Waals surface area contributed by atoms with Crippen LogP contribution < -0.4 is 10.6 Å². The van der Waals surface area contributed by atoms with E-state index in [0.29, 0.717) is 0 Å². The Morgan fingerprint density at radius 3 is 2.12 bits per heavy atom. The van der Waals surface area contributed by atoms with Crippen molar-refractivity contribution in [3.8, 4) is 0 Å². The molecule has 1 unspecified atom stereocenters. The zero-order valence-electron chi connectivity index (χ0n) is 9.82. The highest BCUT2D eigenvalue weighted by Gasteiger charge is 2.28. The van der Waals surface area contributed by atoms with Crippen molar-refractivity contribution in [2.75, 3.05) is 6.54 Å². The van der Waals surface area contributed by atoms with Crippen molar-refractivity contribution in [2.24, 2.45) is 0 Å². The van der Waals surface area contributed by atoms with Crippen molar-refractivity contribution in [3.05, 3.63) is 0 Å². The van der Waals surface area contributed by atoms with E-state index in [2.05, 4.69) is 10.6 Å². The van der Waals surface area contributed by atoms with Gasteiger partial charge in [0.2, 0.25) is 5.91 Å². The van der Waals surface area contributed by atoms with Crippen LogP contribution in [0.25, 0.3) is 0 Å². The third kappa shape index (κ3) is 6.66. The molecule has 0 radical (unpaired) electrons. The minimum absolute atomic E-state index is 0.0302. The molecule has 0 aliphatic carbocycles. The highest BCUT2D eigenvalue weighted by atomic mass is 19.4. The Labute approximate surface area is 93.8 Å². The second kappa shape index (κ2) is 6.73. The molecule has 6 heteroatoms. The first-order chi connectivity index (χ1) is 7.30. The van der Waals surface area contributed by atoms with Crippen LogP contribution in [0.4, 0.5) is 13.2 Å². The molecular formula is C10H19F3N2O. The van der Waals surface area contributed by atoms with Gasteiger partial charge in [-0.15, -0.1) is 0 Å². The summed E-state index contributed by atoms with van der Waals surface area (Å²) >= 11 is 0. The lowest BCUT2D eigenvalue weighted by Crippen LogP contribution is -2.48. The Morgan fingerprint density at radius 2 is 1.75 bits per heavy atom. The van der Waals surface area contributed by atoms with E-state index in [0.717, 1.165) is 12.8 Å². The summed E-state index contributed by atoms with van der Waals surface area (Å²) in [5, 5.41) is 4.82. The fraction of sp³-hybridized carbons (Fsp3) is 0.900. The lowest BCUT2D eigenvalue weighted by atomic mass is 10.1. The molecule has 1 atom stereocenters. The van der Waals surface area contributed by atoms with E-state index in [-0.39, 0.29) is 6.04 Å². The maximum absolute atomic E-state index is 11.9. The second-order valence-electron chi connectivity index (χ2n) is 3.74. The third-order valence-corrected chi connectivity index (χ3v) is 2.33. The van der Waals surface area contributed by atoms with Gasteiger partial charge in [-0.05, 0) is 19.8 Å². The molecule has 0 fully saturated rings. The van der Waals surface area contributed by atoms with Crippen LogP contribution in [0.5, 0.6) is 0 Å². The van der Waals surface area contributed by atoms with Crippen molar-refractivity contribution < 1.29 is 18.0 Å². The second-order valence-corrected chi connectivity index (χ2v) is 3.74. The van der Waals surface area contributed by atoms with Crippen LogP contribution in [-0.2, 0) is 4.79 Å². The average Bonchev–Trinajstić information content (AvgIpc) is 2.20. The van der Waals surface area contributed by atoms with E-state index in [1.54, 1.807) is 0 Å². The van der Waals surface area contributed by atoms with E-state index in [4.69, 9.17) is 0 Å². The zero-order valence-corrected chi connectivity index (χ0v) is 9.82. The first kappa shape index (κ1) is 15.2. The van der Waals surface area contributed by atoms with Crippen LogP contribution in [0, 0.1) is 0 Å². The molecule has 0 aliphatic heterocycles. The molecule has 0 bridgehead atoms. The first-order valence-corrected chi connectivity index (χ1v) is 5.40. The van der Waals surface area contributed by atoms with Crippen LogP contribution in [0.15, 0.2) is 0 Å². The van der Waals surface area contributed by atoms with Gasteiger partial charge in [-0.1, -0.05) is 13.8 Å². The number of alkyl halides is 3. The number of halogens is 3. The van der Waals surface area contributed by atoms with Crippen molar-refractivity contribution in [1.82, 2.24) is 10.6 Å². The molecule has 0 rings (SSSR count). The van der Waals surface area contributed by atoms with Crippen molar-refractivity contribution in [1.29, 1.82) is 0 Å². The molecule has 0 aromatic rings. The summed E-state index contributed by atoms with van der Waals surface area (Å²) in [6, 6.07) is -0.801. The molecule has 0 heterocycles. The highest BCUT2D eigenvalue weighted by Crippen LogP contribution is 2.12. The van der Waals surface area contributed by atoms with Crippen LogP contribution >= 0.6 is 0 Å². The number of hydrogen-bond donors (Lipinski definition) is 2. The van der Waals surface area contributed by atoms with Gasteiger partial charge in [0.25, 0.3) is 0 Å². The largest absolute Gasteiger partial charge is 0.401 e. The molecule has 96 valence electrons. The first-order valence-electron chi connectivity index (χ1n) is 5.40. The van der Waals surface area contributed by atoms with Gasteiger partial charge < -0.3 is 5.32 Å². The number of amides is 1. The smallest absolute Gasteiger partial charge is 0.352 e. The van der Waals surface area contributed by atoms with Gasteiger partial charge >= 0.3 is 6.18 Å². The summed E-state index contributed by atoms with van der Waals surface area (Å²) in [7, 11) is 0. The van der Waals surface area contributed by atoms with Crippen molar-refractivity contribution in [2.45, 2.75) is 51.9 Å². The standard InChI is InChI=1S/C10H19F3N2O/c1-4-8(5-2)15-9(16)7(3)14-6-10(11,12)13/h7-8,14H,4-6H2,1-3H3,(H,15,16). The van der Waals surface area contributed by atoms with Gasteiger partial charge in [0, 0.05) is 6.04 Å². The van der Waals surface area contributed by atoms with Crippen LogP contribution in [-0.4, -0.2) is 30.7 Å². The number of nitrogens with one attached hydrogen (secondary N) is 2. The molecule has 3 nitrogen and oxygen atoms in total. The predicted octanol–water partition coefficient (Wildman–Crippen LogP) is 1.83. The number of carbonyl (C=O) groups excluding carboxylic acids is 1. The Kier molecular flexibility index (Phi) is 6.40. The summed E-state index contributed by atoms with van der Waals surface area (Å²) in [6.07, 6.45) is -2.74. The van der Waals surface area contributed by atoms with Crippen molar-refractivity contribution >= 4 is 5.91 Å². The molecular weight excluding hydrogens is 221 g/mol. The number of rotatable bonds is 6. The lowest BCUT2D eigenvalue weighted by molar-refractivity contribution is -0.131. The van der Waals surface area contributed by atoms with Gasteiger partial charge in [0.1, 0.15) is 0 Å². The lowest BCUT2D eigenvalue weighted by Gasteiger charge is -2.19. The molecule has 1 amide bonds. The van der Waals surface area contributed by atoms with E-state index < -0.39 is 24.7 Å². The normalized spacial score (nSPS) is 13.9. The Bertz CT molecular complexity index is 215. The van der Waals surface area contributed by atoms with E-state index >= 15 is 0 Å². The number of carbonyl (C=O) groups is 1. The van der Waals surface area contributed by atoms with Crippen LogP contribution in [0.1, 0.15) is 33.6 Å². The third-order valence-electron chi connectivity index (χ3n) is 2.33. The van der Waals surface area contributed by atoms with E-state index in [1.165, 1.54) is 6.92 Å². The number of hydrogen-bond acceptors (Lipinski definition) is 2. The summed E-state index contributed by atoms with van der Waals surface area (Å²) in [5.74, 6) is -0.391. The van der Waals surface area contributed by atoms with Gasteiger partial charge in [-0.3, -0.25) is 10.1 Å². The van der Waals surface area contributed by atoms with E-state index in [1.807, 2.05) is 13.8 Å². The molecule has 2 N–H and O–H groups in total. The van der Waals surface area contributed by atoms with Gasteiger partial charge in [-0.2, -0.15) is 13.2 Å². The van der Waals surface area contributed by atoms with Crippen molar-refractivity contribution in [3.63, 3.8) is 0 Å². The fourth-order valence-electron chi connectivity index (χ4n) is 1.18. The summed E-state index contributed by atoms with van der Waals surface area (Å²) in [6.45, 7) is 4.11. The van der Waals surface area contributed by atoms with Crippen LogP contribution in [0.3, 0.4) is 0 Å². The summed E-state index contributed by atoms with van der Waals surface area (Å²) < 4.78 is 35.6. The topological polar surface area (TPSA) is 41.1 Å². The van der Waals surface area contributed by atoms with Gasteiger partial charge in [0.05, 0.1) is 12.6 Å². The Morgan fingerprint density at radius 1 is 1.25 bits per heavy atom. The SMILES string of the molecule is CCC(CC)NC(=O)C(C)NCC(F)(F)F. The monoisotopic (exact) mass is 240 g/mol. The summed E-state index contributed by atoms with van der Waals surface area (Å²) in [5.41, 5.74) is 0. The van der Waals surface area contributed by atoms with E-state index in [9.17, 15) is 18.0 Å². The van der Waals surface area contributed by atoms with Crippen LogP contribution in [0.2, 0.25) is 0 Å². The minimum atomic E-state index is -4.29. The Hall–Kier alpha value is -0.780. The average molecular weight is 240 g/mol. The molecule has 16 heavy (non-hydrogen) atoms. The van der Waals surface area contributed by atoms with Gasteiger partial charge in [-0.25, -0.2) is 0 Å². The molecule has 0 saturated carbocycles. The maximum atomic E-state index is 11.9. The zero-order chi connectivity index (χ0) is 12.8. The molecule has 0 aromatic heterocycles. The molecule has 0 spiro atoms. The summed E-state index contributed by atoms with van der Waals surface area (Å²) in [4.78, 5) is 11.4. The van der Waals surface area contributed by atoms with Gasteiger partial charge in [0.15, 0.2) is 0 Å². The minimum Gasteiger partial charge on any atom is -0.352 e. The predicted molar refractivity (Wildman–Crippen MR) is 56.0 cm³/mol.